The van der Waals surface area contributed by atoms with E-state index in [4.69, 9.17) is 21.1 Å². The SMILES string of the molecule is CCOC(=O)C(C(=O)OCC)c1cc([N+](=O)[O-])cnc1Cl. The molecule has 0 N–H and O–H groups in total. The lowest BCUT2D eigenvalue weighted by atomic mass is 10.0. The molecule has 1 aromatic heterocycles. The molecule has 0 fully saturated rings. The van der Waals surface area contributed by atoms with Crippen molar-refractivity contribution in [3.05, 3.63) is 33.1 Å². The van der Waals surface area contributed by atoms with Crippen molar-refractivity contribution in [3.63, 3.8) is 0 Å². The van der Waals surface area contributed by atoms with Gasteiger partial charge in [0.1, 0.15) is 11.3 Å². The highest BCUT2D eigenvalue weighted by Gasteiger charge is 2.35. The van der Waals surface area contributed by atoms with Gasteiger partial charge in [0.2, 0.25) is 0 Å². The molecule has 0 radical (unpaired) electrons. The highest BCUT2D eigenvalue weighted by molar-refractivity contribution is 6.31. The number of hydrogen-bond acceptors (Lipinski definition) is 7. The van der Waals surface area contributed by atoms with Gasteiger partial charge in [0.25, 0.3) is 5.69 Å². The normalized spacial score (nSPS) is 10.3. The van der Waals surface area contributed by atoms with E-state index in [1.54, 1.807) is 13.8 Å². The van der Waals surface area contributed by atoms with E-state index >= 15 is 0 Å². The van der Waals surface area contributed by atoms with E-state index < -0.39 is 28.5 Å². The van der Waals surface area contributed by atoms with Crippen LogP contribution in [-0.4, -0.2) is 35.1 Å². The molecule has 0 atom stereocenters. The maximum atomic E-state index is 11.9. The molecule has 21 heavy (non-hydrogen) atoms. The molecule has 1 rings (SSSR count). The summed E-state index contributed by atoms with van der Waals surface area (Å²) in [5, 5.41) is 10.6. The summed E-state index contributed by atoms with van der Waals surface area (Å²) in [4.78, 5) is 37.5. The van der Waals surface area contributed by atoms with Crippen molar-refractivity contribution in [2.24, 2.45) is 0 Å². The van der Waals surface area contributed by atoms with Gasteiger partial charge in [-0.1, -0.05) is 11.6 Å². The van der Waals surface area contributed by atoms with Crippen molar-refractivity contribution in [2.45, 2.75) is 19.8 Å². The summed E-state index contributed by atoms with van der Waals surface area (Å²) in [5.41, 5.74) is -0.518. The monoisotopic (exact) mass is 316 g/mol. The predicted octanol–water partition coefficient (Wildman–Crippen LogP) is 1.85. The average Bonchev–Trinajstić information content (AvgIpc) is 2.41. The van der Waals surface area contributed by atoms with Gasteiger partial charge in [-0.3, -0.25) is 19.7 Å². The molecule has 0 amide bonds. The van der Waals surface area contributed by atoms with E-state index in [0.717, 1.165) is 12.3 Å². The first-order chi connectivity index (χ1) is 9.92. The third kappa shape index (κ3) is 4.12. The van der Waals surface area contributed by atoms with Crippen molar-refractivity contribution in [2.75, 3.05) is 13.2 Å². The number of carbonyl (C=O) groups is 2. The molecule has 0 aliphatic rings. The van der Waals surface area contributed by atoms with Crippen LogP contribution in [-0.2, 0) is 19.1 Å². The molecule has 1 heterocycles. The number of halogens is 1. The number of rotatable bonds is 6. The minimum absolute atomic E-state index is 0.0364. The maximum Gasteiger partial charge on any atom is 0.325 e. The number of esters is 2. The first-order valence-corrected chi connectivity index (χ1v) is 6.43. The first kappa shape index (κ1) is 16.8. The Morgan fingerprint density at radius 2 is 1.86 bits per heavy atom. The molecule has 0 unspecified atom stereocenters. The third-order valence-corrected chi connectivity index (χ3v) is 2.73. The van der Waals surface area contributed by atoms with Gasteiger partial charge in [-0.15, -0.1) is 0 Å². The molecular weight excluding hydrogens is 304 g/mol. The fraction of sp³-hybridized carbons (Fsp3) is 0.417. The smallest absolute Gasteiger partial charge is 0.325 e. The van der Waals surface area contributed by atoms with Gasteiger partial charge in [-0.05, 0) is 13.8 Å². The molecule has 0 aromatic carbocycles. The van der Waals surface area contributed by atoms with E-state index in [0.29, 0.717) is 0 Å². The Kier molecular flexibility index (Phi) is 6.04. The van der Waals surface area contributed by atoms with Crippen LogP contribution in [0.2, 0.25) is 5.15 Å². The number of pyridine rings is 1. The molecule has 1 aromatic rings. The molecule has 0 aliphatic heterocycles. The molecule has 8 nitrogen and oxygen atoms in total. The Morgan fingerprint density at radius 1 is 1.33 bits per heavy atom. The molecule has 0 saturated carbocycles. The average molecular weight is 317 g/mol. The van der Waals surface area contributed by atoms with E-state index in [1.807, 2.05) is 0 Å². The topological polar surface area (TPSA) is 109 Å². The molecule has 0 saturated heterocycles. The molecule has 0 bridgehead atoms. The summed E-state index contributed by atoms with van der Waals surface area (Å²) in [5.74, 6) is -3.31. The van der Waals surface area contributed by atoms with Crippen LogP contribution in [0.25, 0.3) is 0 Å². The maximum absolute atomic E-state index is 11.9. The summed E-state index contributed by atoms with van der Waals surface area (Å²) in [6.07, 6.45) is 0.930. The van der Waals surface area contributed by atoms with Crippen LogP contribution < -0.4 is 0 Å². The number of ether oxygens (including phenoxy) is 2. The Bertz CT molecular complexity index is 545. The molecule has 9 heteroatoms. The van der Waals surface area contributed by atoms with E-state index in [-0.39, 0.29) is 23.9 Å². The molecule has 114 valence electrons. The lowest BCUT2D eigenvalue weighted by Gasteiger charge is -2.15. The van der Waals surface area contributed by atoms with Gasteiger partial charge in [0.05, 0.1) is 18.1 Å². The second-order valence-electron chi connectivity index (χ2n) is 3.77. The Hall–Kier alpha value is -2.22. The van der Waals surface area contributed by atoms with Crippen LogP contribution >= 0.6 is 11.6 Å². The number of nitrogens with zero attached hydrogens (tertiary/aromatic N) is 2. The van der Waals surface area contributed by atoms with Crippen LogP contribution in [0.4, 0.5) is 5.69 Å². The van der Waals surface area contributed by atoms with Crippen molar-refractivity contribution < 1.29 is 24.0 Å². The minimum Gasteiger partial charge on any atom is -0.465 e. The predicted molar refractivity (Wildman–Crippen MR) is 71.9 cm³/mol. The Morgan fingerprint density at radius 3 is 2.29 bits per heavy atom. The standard InChI is InChI=1S/C12H13ClN2O6/c1-3-20-11(16)9(12(17)21-4-2)8-5-7(15(18)19)6-14-10(8)13/h5-6,9H,3-4H2,1-2H3. The number of aromatic nitrogens is 1. The lowest BCUT2D eigenvalue weighted by Crippen LogP contribution is -2.26. The Balaban J connectivity index is 3.30. The zero-order valence-electron chi connectivity index (χ0n) is 11.4. The van der Waals surface area contributed by atoms with Crippen LogP contribution in [0.15, 0.2) is 12.3 Å². The molecule has 0 aliphatic carbocycles. The highest BCUT2D eigenvalue weighted by atomic mass is 35.5. The number of hydrogen-bond donors (Lipinski definition) is 0. The van der Waals surface area contributed by atoms with Gasteiger partial charge in [0.15, 0.2) is 5.92 Å². The van der Waals surface area contributed by atoms with Crippen molar-refractivity contribution in [1.82, 2.24) is 4.98 Å². The lowest BCUT2D eigenvalue weighted by molar-refractivity contribution is -0.385. The van der Waals surface area contributed by atoms with Gasteiger partial charge >= 0.3 is 11.9 Å². The number of carbonyl (C=O) groups excluding carboxylic acids is 2. The summed E-state index contributed by atoms with van der Waals surface area (Å²) in [7, 11) is 0. The fourth-order valence-corrected chi connectivity index (χ4v) is 1.77. The first-order valence-electron chi connectivity index (χ1n) is 6.05. The van der Waals surface area contributed by atoms with E-state index in [1.165, 1.54) is 0 Å². The fourth-order valence-electron chi connectivity index (χ4n) is 1.56. The van der Waals surface area contributed by atoms with E-state index in [2.05, 4.69) is 4.98 Å². The van der Waals surface area contributed by atoms with Crippen molar-refractivity contribution >= 4 is 29.2 Å². The number of nitro groups is 1. The van der Waals surface area contributed by atoms with Crippen LogP contribution in [0.1, 0.15) is 25.3 Å². The van der Waals surface area contributed by atoms with E-state index in [9.17, 15) is 19.7 Å². The zero-order chi connectivity index (χ0) is 16.0. The second-order valence-corrected chi connectivity index (χ2v) is 4.13. The van der Waals surface area contributed by atoms with Crippen LogP contribution in [0.3, 0.4) is 0 Å². The minimum atomic E-state index is -1.51. The van der Waals surface area contributed by atoms with Gasteiger partial charge in [-0.2, -0.15) is 0 Å². The summed E-state index contributed by atoms with van der Waals surface area (Å²) in [6.45, 7) is 3.20. The molecule has 0 spiro atoms. The third-order valence-electron chi connectivity index (χ3n) is 2.42. The van der Waals surface area contributed by atoms with Gasteiger partial charge in [-0.25, -0.2) is 4.98 Å². The van der Waals surface area contributed by atoms with Crippen molar-refractivity contribution in [1.29, 1.82) is 0 Å². The summed E-state index contributed by atoms with van der Waals surface area (Å²) >= 11 is 5.83. The largest absolute Gasteiger partial charge is 0.465 e. The molecular formula is C12H13ClN2O6. The van der Waals surface area contributed by atoms with Gasteiger partial charge < -0.3 is 9.47 Å². The Labute approximate surface area is 125 Å². The summed E-state index contributed by atoms with van der Waals surface area (Å²) < 4.78 is 9.57. The van der Waals surface area contributed by atoms with Crippen LogP contribution in [0, 0.1) is 10.1 Å². The van der Waals surface area contributed by atoms with Crippen molar-refractivity contribution in [3.8, 4) is 0 Å². The summed E-state index contributed by atoms with van der Waals surface area (Å²) in [6, 6.07) is 1.01. The zero-order valence-corrected chi connectivity index (χ0v) is 12.1. The van der Waals surface area contributed by atoms with Crippen LogP contribution in [0.5, 0.6) is 0 Å². The quantitative estimate of drug-likeness (QED) is 0.259. The van der Waals surface area contributed by atoms with Gasteiger partial charge in [0, 0.05) is 11.6 Å². The second kappa shape index (κ2) is 7.53. The highest BCUT2D eigenvalue weighted by Crippen LogP contribution is 2.28.